The minimum atomic E-state index is -0.687. The van der Waals surface area contributed by atoms with Crippen LogP contribution in [-0.4, -0.2) is 62.4 Å². The van der Waals surface area contributed by atoms with Gasteiger partial charge in [0.15, 0.2) is 5.02 Å². The van der Waals surface area contributed by atoms with Gasteiger partial charge in [0.25, 0.3) is 5.69 Å². The van der Waals surface area contributed by atoms with Gasteiger partial charge in [-0.15, -0.1) is 0 Å². The van der Waals surface area contributed by atoms with Crippen LogP contribution in [0.15, 0.2) is 12.1 Å². The molecule has 1 heterocycles. The molecule has 0 N–H and O–H groups in total. The Hall–Kier alpha value is -1.90. The lowest BCUT2D eigenvalue weighted by Gasteiger charge is -2.26. The van der Waals surface area contributed by atoms with Crippen molar-refractivity contribution in [3.8, 4) is 5.75 Å². The third-order valence-corrected chi connectivity index (χ3v) is 4.00. The average molecular weight is 359 g/mol. The van der Waals surface area contributed by atoms with Gasteiger partial charge in [0.2, 0.25) is 0 Å². The number of nitro benzene ring substituents is 1. The van der Waals surface area contributed by atoms with Crippen LogP contribution in [0, 0.1) is 10.1 Å². The predicted molar refractivity (Wildman–Crippen MR) is 86.8 cm³/mol. The molecule has 0 saturated carbocycles. The fourth-order valence-corrected chi connectivity index (χ4v) is 2.58. The van der Waals surface area contributed by atoms with Crippen molar-refractivity contribution in [3.05, 3.63) is 32.8 Å². The zero-order chi connectivity index (χ0) is 17.5. The second-order valence-electron chi connectivity index (χ2n) is 5.21. The number of morpholine rings is 1. The Morgan fingerprint density at radius 3 is 2.75 bits per heavy atom. The van der Waals surface area contributed by atoms with Gasteiger partial charge in [0.05, 0.1) is 37.4 Å². The minimum absolute atomic E-state index is 0.0248. The van der Waals surface area contributed by atoms with E-state index in [2.05, 4.69) is 9.64 Å². The number of carbonyl (C=O) groups is 1. The SMILES string of the molecule is COC(=O)c1cc(OCCCN2CCOCC2)c(Cl)c([N+](=O)[O-])c1. The van der Waals surface area contributed by atoms with E-state index in [1.807, 2.05) is 0 Å². The molecule has 0 aliphatic carbocycles. The van der Waals surface area contributed by atoms with Crippen molar-refractivity contribution < 1.29 is 23.9 Å². The van der Waals surface area contributed by atoms with Crippen LogP contribution in [0.1, 0.15) is 16.8 Å². The van der Waals surface area contributed by atoms with E-state index in [-0.39, 0.29) is 22.0 Å². The Kier molecular flexibility index (Phi) is 6.77. The normalized spacial score (nSPS) is 15.1. The molecule has 1 aliphatic rings. The van der Waals surface area contributed by atoms with E-state index in [1.54, 1.807) is 0 Å². The standard InChI is InChI=1S/C15H19ClN2O6/c1-22-15(19)11-9-12(18(20)21)14(16)13(10-11)24-6-2-3-17-4-7-23-8-5-17/h9-10H,2-8H2,1H3. The lowest BCUT2D eigenvalue weighted by molar-refractivity contribution is -0.384. The van der Waals surface area contributed by atoms with Crippen LogP contribution in [0.5, 0.6) is 5.75 Å². The summed E-state index contributed by atoms with van der Waals surface area (Å²) >= 11 is 6.01. The summed E-state index contributed by atoms with van der Waals surface area (Å²) in [4.78, 5) is 24.3. The second kappa shape index (κ2) is 8.81. The predicted octanol–water partition coefficient (Wildman–Crippen LogP) is 2.14. The van der Waals surface area contributed by atoms with E-state index in [0.717, 1.165) is 45.3 Å². The monoisotopic (exact) mass is 358 g/mol. The molecular formula is C15H19ClN2O6. The first-order chi connectivity index (χ1) is 11.5. The molecule has 0 aromatic heterocycles. The highest BCUT2D eigenvalue weighted by molar-refractivity contribution is 6.34. The van der Waals surface area contributed by atoms with Gasteiger partial charge in [-0.2, -0.15) is 0 Å². The van der Waals surface area contributed by atoms with E-state index in [4.69, 9.17) is 21.1 Å². The van der Waals surface area contributed by atoms with Crippen molar-refractivity contribution >= 4 is 23.3 Å². The molecule has 1 aromatic carbocycles. The summed E-state index contributed by atoms with van der Waals surface area (Å²) in [5, 5.41) is 10.9. The van der Waals surface area contributed by atoms with Crippen LogP contribution in [-0.2, 0) is 9.47 Å². The molecule has 0 unspecified atom stereocenters. The van der Waals surface area contributed by atoms with Gasteiger partial charge in [0, 0.05) is 25.7 Å². The molecule has 0 amide bonds. The highest BCUT2D eigenvalue weighted by Crippen LogP contribution is 2.35. The molecule has 8 nitrogen and oxygen atoms in total. The lowest BCUT2D eigenvalue weighted by Crippen LogP contribution is -2.37. The number of esters is 1. The lowest BCUT2D eigenvalue weighted by atomic mass is 10.2. The van der Waals surface area contributed by atoms with Crippen molar-refractivity contribution in [2.45, 2.75) is 6.42 Å². The van der Waals surface area contributed by atoms with Gasteiger partial charge in [-0.1, -0.05) is 11.6 Å². The first-order valence-electron chi connectivity index (χ1n) is 7.52. The summed E-state index contributed by atoms with van der Waals surface area (Å²) < 4.78 is 15.4. The Balaban J connectivity index is 2.00. The molecule has 2 rings (SSSR count). The van der Waals surface area contributed by atoms with E-state index < -0.39 is 10.9 Å². The molecule has 24 heavy (non-hydrogen) atoms. The third kappa shape index (κ3) is 4.80. The number of ether oxygens (including phenoxy) is 3. The van der Waals surface area contributed by atoms with Crippen LogP contribution in [0.2, 0.25) is 5.02 Å². The van der Waals surface area contributed by atoms with Crippen LogP contribution in [0.4, 0.5) is 5.69 Å². The zero-order valence-corrected chi connectivity index (χ0v) is 14.1. The van der Waals surface area contributed by atoms with E-state index in [1.165, 1.54) is 13.2 Å². The van der Waals surface area contributed by atoms with Crippen molar-refractivity contribution in [3.63, 3.8) is 0 Å². The summed E-state index contributed by atoms with van der Waals surface area (Å²) in [5.41, 5.74) is -0.362. The number of carbonyl (C=O) groups excluding carboxylic acids is 1. The molecule has 1 saturated heterocycles. The van der Waals surface area contributed by atoms with Gasteiger partial charge in [-0.25, -0.2) is 4.79 Å². The maximum Gasteiger partial charge on any atom is 0.338 e. The Morgan fingerprint density at radius 1 is 1.42 bits per heavy atom. The van der Waals surface area contributed by atoms with E-state index >= 15 is 0 Å². The fourth-order valence-electron chi connectivity index (χ4n) is 2.35. The van der Waals surface area contributed by atoms with E-state index in [0.29, 0.717) is 6.61 Å². The highest BCUT2D eigenvalue weighted by atomic mass is 35.5. The number of nitro groups is 1. The number of benzene rings is 1. The molecule has 0 spiro atoms. The first kappa shape index (κ1) is 18.4. The number of hydrogen-bond donors (Lipinski definition) is 0. The number of methoxy groups -OCH3 is 1. The number of rotatable bonds is 7. The van der Waals surface area contributed by atoms with Crippen molar-refractivity contribution in [2.75, 3.05) is 46.6 Å². The Bertz CT molecular complexity index is 604. The third-order valence-electron chi connectivity index (χ3n) is 3.62. The van der Waals surface area contributed by atoms with Gasteiger partial charge in [-0.05, 0) is 12.5 Å². The first-order valence-corrected chi connectivity index (χ1v) is 7.90. The maximum atomic E-state index is 11.6. The van der Waals surface area contributed by atoms with Crippen molar-refractivity contribution in [2.24, 2.45) is 0 Å². The maximum absolute atomic E-state index is 11.6. The average Bonchev–Trinajstić information content (AvgIpc) is 2.59. The van der Waals surface area contributed by atoms with E-state index in [9.17, 15) is 14.9 Å². The highest BCUT2D eigenvalue weighted by Gasteiger charge is 2.22. The van der Waals surface area contributed by atoms with Crippen molar-refractivity contribution in [1.29, 1.82) is 0 Å². The van der Waals surface area contributed by atoms with Crippen LogP contribution in [0.25, 0.3) is 0 Å². The number of hydrogen-bond acceptors (Lipinski definition) is 7. The largest absolute Gasteiger partial charge is 0.492 e. The molecular weight excluding hydrogens is 340 g/mol. The Labute approximate surface area is 144 Å². The molecule has 0 radical (unpaired) electrons. The molecule has 1 aliphatic heterocycles. The summed E-state index contributed by atoms with van der Waals surface area (Å²) in [5.74, 6) is -0.582. The molecule has 132 valence electrons. The van der Waals surface area contributed by atoms with Crippen molar-refractivity contribution in [1.82, 2.24) is 4.90 Å². The molecule has 1 fully saturated rings. The van der Waals surface area contributed by atoms with Gasteiger partial charge >= 0.3 is 5.97 Å². The smallest absolute Gasteiger partial charge is 0.338 e. The molecule has 0 atom stereocenters. The molecule has 1 aromatic rings. The van der Waals surface area contributed by atoms with Crippen LogP contribution < -0.4 is 4.74 Å². The summed E-state index contributed by atoms with van der Waals surface area (Å²) in [7, 11) is 1.20. The molecule has 0 bridgehead atoms. The van der Waals surface area contributed by atoms with Crippen LogP contribution >= 0.6 is 11.6 Å². The minimum Gasteiger partial charge on any atom is -0.492 e. The fraction of sp³-hybridized carbons (Fsp3) is 0.533. The number of nitrogens with zero attached hydrogens (tertiary/aromatic N) is 2. The van der Waals surface area contributed by atoms with Gasteiger partial charge in [0.1, 0.15) is 5.75 Å². The zero-order valence-electron chi connectivity index (χ0n) is 13.3. The topological polar surface area (TPSA) is 91.1 Å². The van der Waals surface area contributed by atoms with Gasteiger partial charge in [-0.3, -0.25) is 15.0 Å². The number of halogens is 1. The van der Waals surface area contributed by atoms with Gasteiger partial charge < -0.3 is 14.2 Å². The summed E-state index contributed by atoms with van der Waals surface area (Å²) in [6.45, 7) is 4.37. The summed E-state index contributed by atoms with van der Waals surface area (Å²) in [6, 6.07) is 2.44. The molecule has 9 heteroatoms. The Morgan fingerprint density at radius 2 is 2.12 bits per heavy atom. The summed E-state index contributed by atoms with van der Waals surface area (Å²) in [6.07, 6.45) is 0.729. The second-order valence-corrected chi connectivity index (χ2v) is 5.59. The van der Waals surface area contributed by atoms with Crippen LogP contribution in [0.3, 0.4) is 0 Å². The quantitative estimate of drug-likeness (QED) is 0.319.